The third-order valence-electron chi connectivity index (χ3n) is 10.6. The van der Waals surface area contributed by atoms with Crippen molar-refractivity contribution >= 4 is 92.1 Å². The SMILES string of the molecule is c1ccc(-c2cc3c4cc(-c5ccc(N(c6ccccc6)c6ccc7c(c6)sc6ccc8ccccc8c67)cc5)ccc4oc3c3ccccc23)cc1. The Bertz CT molecular complexity index is 3160. The minimum absolute atomic E-state index is 0.899. The van der Waals surface area contributed by atoms with Crippen LogP contribution in [0.4, 0.5) is 17.1 Å². The highest BCUT2D eigenvalue weighted by atomic mass is 32.1. The Labute approximate surface area is 310 Å². The van der Waals surface area contributed by atoms with Crippen LogP contribution in [0.2, 0.25) is 0 Å². The van der Waals surface area contributed by atoms with Gasteiger partial charge in [-0.1, -0.05) is 127 Å². The molecule has 0 saturated carbocycles. The number of fused-ring (bicyclic) bond motifs is 10. The van der Waals surface area contributed by atoms with Gasteiger partial charge in [-0.25, -0.2) is 0 Å². The molecule has 0 unspecified atom stereocenters. The molecule has 0 atom stereocenters. The first-order chi connectivity index (χ1) is 26.3. The predicted octanol–water partition coefficient (Wildman–Crippen LogP) is 15.1. The number of thiophene rings is 1. The highest BCUT2D eigenvalue weighted by Gasteiger charge is 2.18. The van der Waals surface area contributed by atoms with E-state index >= 15 is 0 Å². The second-order valence-electron chi connectivity index (χ2n) is 13.7. The van der Waals surface area contributed by atoms with Crippen molar-refractivity contribution in [1.29, 1.82) is 0 Å². The topological polar surface area (TPSA) is 16.4 Å². The summed E-state index contributed by atoms with van der Waals surface area (Å²) < 4.78 is 9.17. The highest BCUT2D eigenvalue weighted by Crippen LogP contribution is 2.44. The molecule has 0 N–H and O–H groups in total. The van der Waals surface area contributed by atoms with Gasteiger partial charge in [-0.15, -0.1) is 11.3 Å². The van der Waals surface area contributed by atoms with E-state index in [1.807, 2.05) is 11.3 Å². The van der Waals surface area contributed by atoms with Crippen molar-refractivity contribution in [2.75, 3.05) is 4.90 Å². The van der Waals surface area contributed by atoms with E-state index in [0.29, 0.717) is 0 Å². The summed E-state index contributed by atoms with van der Waals surface area (Å²) in [5, 5.41) is 9.83. The lowest BCUT2D eigenvalue weighted by Crippen LogP contribution is -2.09. The van der Waals surface area contributed by atoms with Gasteiger partial charge in [0, 0.05) is 53.4 Å². The Morgan fingerprint density at radius 1 is 0.377 bits per heavy atom. The molecule has 0 fully saturated rings. The van der Waals surface area contributed by atoms with E-state index in [1.165, 1.54) is 47.5 Å². The Hall–Kier alpha value is -6.68. The lowest BCUT2D eigenvalue weighted by atomic mass is 9.95. The standard InChI is InChI=1S/C50H31NOS/c1-3-11-33(12-4-1)43-31-45-44-29-35(21-27-46(44)52-50(45)41-18-10-9-17-40(41)43)32-19-23-37(24-20-32)51(36-14-5-2-6-15-36)38-25-26-42-48(30-38)53-47-28-22-34-13-7-8-16-39(34)49(42)47/h1-31H. The molecule has 3 heteroatoms. The summed E-state index contributed by atoms with van der Waals surface area (Å²) in [5.41, 5.74) is 9.95. The smallest absolute Gasteiger partial charge is 0.143 e. The van der Waals surface area contributed by atoms with E-state index in [1.54, 1.807) is 0 Å². The minimum Gasteiger partial charge on any atom is -0.455 e. The number of nitrogens with zero attached hydrogens (tertiary/aromatic N) is 1. The van der Waals surface area contributed by atoms with Gasteiger partial charge in [0.25, 0.3) is 0 Å². The molecule has 0 aliphatic rings. The average molecular weight is 694 g/mol. The Morgan fingerprint density at radius 3 is 1.89 bits per heavy atom. The van der Waals surface area contributed by atoms with Gasteiger partial charge in [-0.2, -0.15) is 0 Å². The lowest BCUT2D eigenvalue weighted by Gasteiger charge is -2.25. The van der Waals surface area contributed by atoms with Gasteiger partial charge < -0.3 is 9.32 Å². The Kier molecular flexibility index (Phi) is 6.76. The fraction of sp³-hybridized carbons (Fsp3) is 0. The number of hydrogen-bond donors (Lipinski definition) is 0. The van der Waals surface area contributed by atoms with Crippen LogP contribution in [0.3, 0.4) is 0 Å². The van der Waals surface area contributed by atoms with Crippen molar-refractivity contribution in [3.63, 3.8) is 0 Å². The first-order valence-corrected chi connectivity index (χ1v) is 18.8. The molecule has 2 nitrogen and oxygen atoms in total. The summed E-state index contributed by atoms with van der Waals surface area (Å²) in [5.74, 6) is 0. The number of anilines is 3. The van der Waals surface area contributed by atoms with Crippen molar-refractivity contribution in [3.8, 4) is 22.3 Å². The van der Waals surface area contributed by atoms with Crippen molar-refractivity contribution in [1.82, 2.24) is 0 Å². The van der Waals surface area contributed by atoms with Crippen molar-refractivity contribution in [2.45, 2.75) is 0 Å². The third-order valence-corrected chi connectivity index (χ3v) is 11.8. The molecular formula is C50H31NOS. The van der Waals surface area contributed by atoms with Gasteiger partial charge in [0.2, 0.25) is 0 Å². The summed E-state index contributed by atoms with van der Waals surface area (Å²) >= 11 is 1.87. The quantitative estimate of drug-likeness (QED) is 0.178. The van der Waals surface area contributed by atoms with Gasteiger partial charge in [-0.05, 0) is 99.1 Å². The summed E-state index contributed by atoms with van der Waals surface area (Å²) in [6.45, 7) is 0. The molecule has 11 rings (SSSR count). The molecule has 11 aromatic rings. The van der Waals surface area contributed by atoms with Crippen LogP contribution in [-0.2, 0) is 0 Å². The van der Waals surface area contributed by atoms with Crippen LogP contribution in [0.25, 0.3) is 85.9 Å². The summed E-state index contributed by atoms with van der Waals surface area (Å²) in [4.78, 5) is 2.36. The average Bonchev–Trinajstić information content (AvgIpc) is 3.80. The first kappa shape index (κ1) is 30.0. The van der Waals surface area contributed by atoms with Gasteiger partial charge in [0.1, 0.15) is 11.2 Å². The lowest BCUT2D eigenvalue weighted by molar-refractivity contribution is 0.673. The molecule has 0 amide bonds. The monoisotopic (exact) mass is 693 g/mol. The van der Waals surface area contributed by atoms with Gasteiger partial charge in [0.15, 0.2) is 0 Å². The van der Waals surface area contributed by atoms with E-state index in [-0.39, 0.29) is 0 Å². The van der Waals surface area contributed by atoms with Crippen molar-refractivity contribution in [3.05, 3.63) is 188 Å². The zero-order chi connectivity index (χ0) is 34.9. The fourth-order valence-electron chi connectivity index (χ4n) is 8.14. The second-order valence-corrected chi connectivity index (χ2v) is 14.8. The zero-order valence-corrected chi connectivity index (χ0v) is 29.5. The maximum Gasteiger partial charge on any atom is 0.143 e. The zero-order valence-electron chi connectivity index (χ0n) is 28.7. The fourth-order valence-corrected chi connectivity index (χ4v) is 9.29. The number of para-hydroxylation sites is 1. The van der Waals surface area contributed by atoms with Crippen LogP contribution >= 0.6 is 11.3 Å². The van der Waals surface area contributed by atoms with Crippen LogP contribution in [0.15, 0.2) is 192 Å². The molecule has 0 saturated heterocycles. The predicted molar refractivity (Wildman–Crippen MR) is 227 cm³/mol. The summed E-state index contributed by atoms with van der Waals surface area (Å²) in [6.07, 6.45) is 0. The van der Waals surface area contributed by atoms with E-state index in [9.17, 15) is 0 Å². The second kappa shape index (κ2) is 11.9. The third kappa shape index (κ3) is 4.86. The Balaban J connectivity index is 1.01. The maximum absolute atomic E-state index is 6.56. The number of furan rings is 1. The Morgan fingerprint density at radius 2 is 1.06 bits per heavy atom. The molecule has 0 bridgehead atoms. The molecule has 0 aliphatic carbocycles. The van der Waals surface area contributed by atoms with E-state index < -0.39 is 0 Å². The molecule has 248 valence electrons. The molecule has 0 radical (unpaired) electrons. The molecule has 9 aromatic carbocycles. The largest absolute Gasteiger partial charge is 0.455 e. The molecule has 53 heavy (non-hydrogen) atoms. The number of benzene rings is 9. The van der Waals surface area contributed by atoms with Crippen LogP contribution in [-0.4, -0.2) is 0 Å². The van der Waals surface area contributed by atoms with Crippen LogP contribution in [0.1, 0.15) is 0 Å². The van der Waals surface area contributed by atoms with E-state index in [2.05, 4.69) is 193 Å². The van der Waals surface area contributed by atoms with Gasteiger partial charge >= 0.3 is 0 Å². The normalized spacial score (nSPS) is 11.8. The first-order valence-electron chi connectivity index (χ1n) is 18.0. The number of rotatable bonds is 5. The van der Waals surface area contributed by atoms with E-state index in [4.69, 9.17) is 4.42 Å². The van der Waals surface area contributed by atoms with Crippen LogP contribution in [0.5, 0.6) is 0 Å². The molecule has 2 aromatic heterocycles. The van der Waals surface area contributed by atoms with Crippen molar-refractivity contribution < 1.29 is 4.42 Å². The summed E-state index contributed by atoms with van der Waals surface area (Å²) in [6, 6.07) is 67.8. The van der Waals surface area contributed by atoms with Crippen LogP contribution < -0.4 is 4.90 Å². The molecule has 0 spiro atoms. The minimum atomic E-state index is 0.899. The van der Waals surface area contributed by atoms with Gasteiger partial charge in [-0.3, -0.25) is 0 Å². The van der Waals surface area contributed by atoms with E-state index in [0.717, 1.165) is 55.5 Å². The molecule has 0 aliphatic heterocycles. The molecule has 2 heterocycles. The summed E-state index contributed by atoms with van der Waals surface area (Å²) in [7, 11) is 0. The molecular weight excluding hydrogens is 663 g/mol. The highest BCUT2D eigenvalue weighted by molar-refractivity contribution is 7.26. The number of hydrogen-bond acceptors (Lipinski definition) is 3. The van der Waals surface area contributed by atoms with Gasteiger partial charge in [0.05, 0.1) is 0 Å². The maximum atomic E-state index is 6.56. The van der Waals surface area contributed by atoms with Crippen molar-refractivity contribution in [2.24, 2.45) is 0 Å². The van der Waals surface area contributed by atoms with Crippen LogP contribution in [0, 0.1) is 0 Å².